The molecule has 0 saturated carbocycles. The first-order valence-corrected chi connectivity index (χ1v) is 2.94. The van der Waals surface area contributed by atoms with Crippen LogP contribution < -0.4 is 5.32 Å². The third kappa shape index (κ3) is 1.33. The summed E-state index contributed by atoms with van der Waals surface area (Å²) in [7, 11) is 1.68. The van der Waals surface area contributed by atoms with Crippen LogP contribution in [0.4, 0.5) is 0 Å². The maximum atomic E-state index is 5.13. The molecular formula is C7H11NO. The van der Waals surface area contributed by atoms with Crippen LogP contribution >= 0.6 is 0 Å². The molecule has 0 bridgehead atoms. The van der Waals surface area contributed by atoms with Crippen molar-refractivity contribution in [2.75, 3.05) is 7.11 Å². The van der Waals surface area contributed by atoms with Crippen LogP contribution in [-0.4, -0.2) is 12.8 Å². The molecule has 0 amide bonds. The van der Waals surface area contributed by atoms with E-state index in [2.05, 4.69) is 5.32 Å². The van der Waals surface area contributed by atoms with Crippen molar-refractivity contribution in [1.29, 1.82) is 0 Å². The lowest BCUT2D eigenvalue weighted by Gasteiger charge is -2.26. The van der Waals surface area contributed by atoms with E-state index < -0.39 is 0 Å². The van der Waals surface area contributed by atoms with Crippen LogP contribution in [0.25, 0.3) is 0 Å². The molecule has 1 N–H and O–H groups in total. The van der Waals surface area contributed by atoms with E-state index in [0.29, 0.717) is 0 Å². The highest BCUT2D eigenvalue weighted by atomic mass is 16.5. The number of hydrogen-bond donors (Lipinski definition) is 1. The third-order valence-electron chi connectivity index (χ3n) is 1.42. The highest BCUT2D eigenvalue weighted by molar-refractivity contribution is 5.14. The second-order valence-electron chi connectivity index (χ2n) is 2.17. The van der Waals surface area contributed by atoms with Gasteiger partial charge in [0.1, 0.15) is 0 Å². The number of nitrogens with one attached hydrogen (secondary N) is 1. The summed E-state index contributed by atoms with van der Waals surface area (Å²) in [5.41, 5.74) is -0.297. The maximum Gasteiger partial charge on any atom is 0.154 e. The molecule has 0 fully saturated rings. The lowest BCUT2D eigenvalue weighted by Crippen LogP contribution is -2.39. The first kappa shape index (κ1) is 6.36. The van der Waals surface area contributed by atoms with Crippen molar-refractivity contribution in [3.63, 3.8) is 0 Å². The van der Waals surface area contributed by atoms with E-state index >= 15 is 0 Å². The van der Waals surface area contributed by atoms with Crippen LogP contribution in [-0.2, 0) is 4.74 Å². The van der Waals surface area contributed by atoms with Gasteiger partial charge in [-0.2, -0.15) is 0 Å². The molecule has 1 rings (SSSR count). The molecule has 0 radical (unpaired) electrons. The van der Waals surface area contributed by atoms with Gasteiger partial charge in [0.05, 0.1) is 0 Å². The second-order valence-corrected chi connectivity index (χ2v) is 2.17. The van der Waals surface area contributed by atoms with Gasteiger partial charge < -0.3 is 10.1 Å². The number of methoxy groups -OCH3 is 1. The minimum atomic E-state index is -0.297. The summed E-state index contributed by atoms with van der Waals surface area (Å²) >= 11 is 0. The molecule has 0 aromatic carbocycles. The Bertz CT molecular complexity index is 151. The molecule has 0 aliphatic carbocycles. The van der Waals surface area contributed by atoms with E-state index in [4.69, 9.17) is 4.74 Å². The fourth-order valence-corrected chi connectivity index (χ4v) is 0.683. The molecular weight excluding hydrogens is 114 g/mol. The first-order chi connectivity index (χ1) is 4.27. The number of hydrogen-bond acceptors (Lipinski definition) is 2. The van der Waals surface area contributed by atoms with E-state index in [1.807, 2.05) is 31.4 Å². The lowest BCUT2D eigenvalue weighted by molar-refractivity contribution is 0.0297. The van der Waals surface area contributed by atoms with Gasteiger partial charge in [0, 0.05) is 7.11 Å². The van der Waals surface area contributed by atoms with E-state index in [-0.39, 0.29) is 5.72 Å². The summed E-state index contributed by atoms with van der Waals surface area (Å²) in [5.74, 6) is 0. The molecule has 1 heterocycles. The second kappa shape index (κ2) is 2.23. The number of ether oxygens (including phenoxy) is 1. The molecule has 0 spiro atoms. The van der Waals surface area contributed by atoms with Crippen LogP contribution in [0.15, 0.2) is 24.4 Å². The van der Waals surface area contributed by atoms with Crippen LogP contribution in [0, 0.1) is 0 Å². The lowest BCUT2D eigenvalue weighted by atomic mass is 10.2. The van der Waals surface area contributed by atoms with E-state index in [9.17, 15) is 0 Å². The van der Waals surface area contributed by atoms with Crippen molar-refractivity contribution in [1.82, 2.24) is 5.32 Å². The smallest absolute Gasteiger partial charge is 0.154 e. The first-order valence-electron chi connectivity index (χ1n) is 2.94. The van der Waals surface area contributed by atoms with Gasteiger partial charge in [0.25, 0.3) is 0 Å². The highest BCUT2D eigenvalue weighted by Gasteiger charge is 2.17. The van der Waals surface area contributed by atoms with Crippen molar-refractivity contribution < 1.29 is 4.74 Å². The monoisotopic (exact) mass is 125 g/mol. The molecule has 2 nitrogen and oxygen atoms in total. The average Bonchev–Trinajstić information content (AvgIpc) is 1.90. The summed E-state index contributed by atoms with van der Waals surface area (Å²) in [4.78, 5) is 0. The Morgan fingerprint density at radius 3 is 2.56 bits per heavy atom. The maximum absolute atomic E-state index is 5.13. The standard InChI is InChI=1S/C7H11NO/c1-7(9-2)5-3-4-6-8-7/h3-6,8H,1-2H3. The predicted octanol–water partition coefficient (Wildman–Crippen LogP) is 1.02. The van der Waals surface area contributed by atoms with E-state index in [1.54, 1.807) is 7.11 Å². The van der Waals surface area contributed by atoms with Gasteiger partial charge in [0.2, 0.25) is 0 Å². The van der Waals surface area contributed by atoms with Crippen LogP contribution in [0.3, 0.4) is 0 Å². The van der Waals surface area contributed by atoms with Gasteiger partial charge in [-0.25, -0.2) is 0 Å². The fourth-order valence-electron chi connectivity index (χ4n) is 0.683. The average molecular weight is 125 g/mol. The summed E-state index contributed by atoms with van der Waals surface area (Å²) in [5, 5.41) is 3.06. The van der Waals surface area contributed by atoms with Crippen molar-refractivity contribution in [3.8, 4) is 0 Å². The van der Waals surface area contributed by atoms with Gasteiger partial charge in [0.15, 0.2) is 5.72 Å². The van der Waals surface area contributed by atoms with Crippen LogP contribution in [0.2, 0.25) is 0 Å². The Balaban J connectivity index is 2.63. The molecule has 1 unspecified atom stereocenters. The Kier molecular flexibility index (Phi) is 1.58. The van der Waals surface area contributed by atoms with Gasteiger partial charge in [-0.05, 0) is 25.3 Å². The van der Waals surface area contributed by atoms with Crippen LogP contribution in [0.5, 0.6) is 0 Å². The predicted molar refractivity (Wildman–Crippen MR) is 36.8 cm³/mol. The van der Waals surface area contributed by atoms with Crippen molar-refractivity contribution in [2.24, 2.45) is 0 Å². The largest absolute Gasteiger partial charge is 0.361 e. The number of dihydropyridines is 1. The minimum absolute atomic E-state index is 0.297. The van der Waals surface area contributed by atoms with Gasteiger partial charge in [-0.15, -0.1) is 0 Å². The molecule has 0 aromatic rings. The van der Waals surface area contributed by atoms with E-state index in [0.717, 1.165) is 0 Å². The Morgan fingerprint density at radius 1 is 1.44 bits per heavy atom. The van der Waals surface area contributed by atoms with Crippen LogP contribution in [0.1, 0.15) is 6.92 Å². The minimum Gasteiger partial charge on any atom is -0.361 e. The topological polar surface area (TPSA) is 21.3 Å². The van der Waals surface area contributed by atoms with Crippen molar-refractivity contribution in [2.45, 2.75) is 12.6 Å². The van der Waals surface area contributed by atoms with Crippen molar-refractivity contribution >= 4 is 0 Å². The number of rotatable bonds is 1. The highest BCUT2D eigenvalue weighted by Crippen LogP contribution is 2.09. The Hall–Kier alpha value is -0.760. The van der Waals surface area contributed by atoms with Gasteiger partial charge >= 0.3 is 0 Å². The molecule has 0 aromatic heterocycles. The fraction of sp³-hybridized carbons (Fsp3) is 0.429. The normalized spacial score (nSPS) is 32.2. The molecule has 1 atom stereocenters. The zero-order chi connectivity index (χ0) is 6.74. The number of allylic oxidation sites excluding steroid dienone is 2. The summed E-state index contributed by atoms with van der Waals surface area (Å²) in [6.07, 6.45) is 7.72. The Morgan fingerprint density at radius 2 is 2.22 bits per heavy atom. The molecule has 1 aliphatic rings. The zero-order valence-corrected chi connectivity index (χ0v) is 5.72. The van der Waals surface area contributed by atoms with Gasteiger partial charge in [-0.3, -0.25) is 0 Å². The molecule has 1 aliphatic heterocycles. The molecule has 50 valence electrons. The summed E-state index contributed by atoms with van der Waals surface area (Å²) in [6.45, 7) is 1.97. The van der Waals surface area contributed by atoms with Crippen molar-refractivity contribution in [3.05, 3.63) is 24.4 Å². The molecule has 9 heavy (non-hydrogen) atoms. The van der Waals surface area contributed by atoms with Gasteiger partial charge in [-0.1, -0.05) is 6.08 Å². The molecule has 2 heteroatoms. The Labute approximate surface area is 55.2 Å². The third-order valence-corrected chi connectivity index (χ3v) is 1.42. The zero-order valence-electron chi connectivity index (χ0n) is 5.72. The summed E-state index contributed by atoms with van der Waals surface area (Å²) in [6, 6.07) is 0. The molecule has 0 saturated heterocycles. The summed E-state index contributed by atoms with van der Waals surface area (Å²) < 4.78 is 5.13. The SMILES string of the molecule is COC1(C)C=CC=CN1. The quantitative estimate of drug-likeness (QED) is 0.565. The van der Waals surface area contributed by atoms with E-state index in [1.165, 1.54) is 0 Å².